The van der Waals surface area contributed by atoms with E-state index in [-0.39, 0.29) is 46.5 Å². The van der Waals surface area contributed by atoms with Crippen LogP contribution < -0.4 is 25.4 Å². The molecule has 4 saturated heterocycles. The summed E-state index contributed by atoms with van der Waals surface area (Å²) in [7, 11) is 0. The summed E-state index contributed by atoms with van der Waals surface area (Å²) in [6.45, 7) is 6.67. The standard InChI is InChI=1S/C27H35N5O6S2/c1-14(15-6-22(34)28-10-15)37-21-8-16(7-19-18(21)13-39-31-19)30-23-11-29-27(40-23)17-12-36-26-20(33)9-24(38-25(17)26)32-2-4-35-5-3-32/h7-9,14-15,17,23,25-27,29-31H,2-6,10-13H2,1H3,(H,28,34)/t14-,15-,17?,23?,25?,26?,27?/m0/s1. The van der Waals surface area contributed by atoms with Crippen molar-refractivity contribution < 1.29 is 28.5 Å². The Kier molecular flexibility index (Phi) is 7.41. The molecule has 0 bridgehead atoms. The average molecular weight is 590 g/mol. The number of ketones is 1. The van der Waals surface area contributed by atoms with Gasteiger partial charge in [-0.15, -0.1) is 11.8 Å². The van der Waals surface area contributed by atoms with Crippen molar-refractivity contribution in [2.45, 2.75) is 48.2 Å². The van der Waals surface area contributed by atoms with Crippen molar-refractivity contribution in [1.82, 2.24) is 15.5 Å². The fourth-order valence-corrected chi connectivity index (χ4v) is 8.37. The highest BCUT2D eigenvalue weighted by Gasteiger charge is 2.50. The molecule has 0 spiro atoms. The van der Waals surface area contributed by atoms with Crippen LogP contribution in [0.1, 0.15) is 18.9 Å². The van der Waals surface area contributed by atoms with E-state index >= 15 is 0 Å². The Morgan fingerprint density at radius 1 is 1.20 bits per heavy atom. The van der Waals surface area contributed by atoms with E-state index in [4.69, 9.17) is 18.9 Å². The number of rotatable bonds is 7. The average Bonchev–Trinajstić information content (AvgIpc) is 3.76. The van der Waals surface area contributed by atoms with Gasteiger partial charge in [0.2, 0.25) is 5.91 Å². The van der Waals surface area contributed by atoms with Gasteiger partial charge in [0, 0.05) is 73.6 Å². The molecule has 1 aromatic rings. The summed E-state index contributed by atoms with van der Waals surface area (Å²) in [5, 5.41) is 10.5. The number of thioether (sulfide) groups is 1. The van der Waals surface area contributed by atoms with Crippen LogP contribution in [0.15, 0.2) is 24.1 Å². The highest BCUT2D eigenvalue weighted by molar-refractivity contribution is 8.00. The molecule has 0 radical (unpaired) electrons. The van der Waals surface area contributed by atoms with Gasteiger partial charge in [-0.2, -0.15) is 0 Å². The van der Waals surface area contributed by atoms with Crippen molar-refractivity contribution in [2.75, 3.05) is 56.0 Å². The number of anilines is 2. The zero-order valence-corrected chi connectivity index (χ0v) is 24.0. The summed E-state index contributed by atoms with van der Waals surface area (Å²) in [5.41, 5.74) is 3.21. The van der Waals surface area contributed by atoms with E-state index < -0.39 is 6.10 Å². The fraction of sp³-hybridized carbons (Fsp3) is 0.630. The maximum atomic E-state index is 12.9. The highest BCUT2D eigenvalue weighted by Crippen LogP contribution is 2.43. The zero-order valence-electron chi connectivity index (χ0n) is 22.4. The number of ether oxygens (including phenoxy) is 4. The van der Waals surface area contributed by atoms with Crippen LogP contribution in [0.3, 0.4) is 0 Å². The molecule has 13 heteroatoms. The van der Waals surface area contributed by atoms with Gasteiger partial charge in [-0.05, 0) is 24.9 Å². The van der Waals surface area contributed by atoms with Crippen molar-refractivity contribution in [3.05, 3.63) is 29.7 Å². The molecule has 7 atom stereocenters. The molecular weight excluding hydrogens is 554 g/mol. The van der Waals surface area contributed by atoms with Gasteiger partial charge in [-0.25, -0.2) is 0 Å². The molecule has 40 heavy (non-hydrogen) atoms. The number of hydrogen-bond acceptors (Lipinski definition) is 12. The lowest BCUT2D eigenvalue weighted by Crippen LogP contribution is -2.47. The van der Waals surface area contributed by atoms with Crippen LogP contribution in [0.4, 0.5) is 11.4 Å². The second-order valence-electron chi connectivity index (χ2n) is 11.1. The van der Waals surface area contributed by atoms with Crippen molar-refractivity contribution in [1.29, 1.82) is 0 Å². The van der Waals surface area contributed by atoms with Crippen molar-refractivity contribution in [3.8, 4) is 5.75 Å². The van der Waals surface area contributed by atoms with Gasteiger partial charge in [0.15, 0.2) is 17.8 Å². The van der Waals surface area contributed by atoms with Gasteiger partial charge < -0.3 is 44.5 Å². The number of morpholine rings is 1. The van der Waals surface area contributed by atoms with Gasteiger partial charge >= 0.3 is 0 Å². The van der Waals surface area contributed by atoms with Gasteiger partial charge in [0.25, 0.3) is 0 Å². The number of fused-ring (bicyclic) bond motifs is 2. The Balaban J connectivity index is 1.01. The minimum absolute atomic E-state index is 0.0130. The summed E-state index contributed by atoms with van der Waals surface area (Å²) in [6, 6.07) is 4.22. The predicted octanol–water partition coefficient (Wildman–Crippen LogP) is 1.72. The summed E-state index contributed by atoms with van der Waals surface area (Å²) in [6.07, 6.45) is 1.18. The third kappa shape index (κ3) is 5.22. The molecule has 6 aliphatic rings. The van der Waals surface area contributed by atoms with Crippen LogP contribution in [0, 0.1) is 11.8 Å². The van der Waals surface area contributed by atoms with E-state index in [9.17, 15) is 9.59 Å². The van der Waals surface area contributed by atoms with Crippen molar-refractivity contribution in [2.24, 2.45) is 11.8 Å². The first kappa shape index (κ1) is 26.6. The molecule has 0 saturated carbocycles. The first-order valence-electron chi connectivity index (χ1n) is 14.0. The van der Waals surface area contributed by atoms with Crippen molar-refractivity contribution >= 4 is 46.8 Å². The zero-order chi connectivity index (χ0) is 27.2. The molecule has 6 heterocycles. The third-order valence-electron chi connectivity index (χ3n) is 8.44. The monoisotopic (exact) mass is 589 g/mol. The maximum absolute atomic E-state index is 12.9. The number of hydrogen-bond donors (Lipinski definition) is 4. The molecule has 6 aliphatic heterocycles. The second kappa shape index (κ2) is 11.2. The topological polar surface area (TPSA) is 122 Å². The quantitative estimate of drug-likeness (QED) is 0.347. The Hall–Kier alpha value is -2.32. The number of amides is 1. The van der Waals surface area contributed by atoms with E-state index in [1.807, 2.05) is 18.7 Å². The molecule has 4 N–H and O–H groups in total. The summed E-state index contributed by atoms with van der Waals surface area (Å²) < 4.78 is 27.7. The van der Waals surface area contributed by atoms with Crippen LogP contribution in [0.25, 0.3) is 0 Å². The molecule has 11 nitrogen and oxygen atoms in total. The van der Waals surface area contributed by atoms with Gasteiger partial charge in [0.05, 0.1) is 36.3 Å². The summed E-state index contributed by atoms with van der Waals surface area (Å²) >= 11 is 3.47. The molecule has 0 aromatic heterocycles. The number of carbonyl (C=O) groups is 2. The predicted molar refractivity (Wildman–Crippen MR) is 153 cm³/mol. The lowest BCUT2D eigenvalue weighted by atomic mass is 9.97. The third-order valence-corrected chi connectivity index (χ3v) is 10.7. The maximum Gasteiger partial charge on any atom is 0.220 e. The Labute approximate surface area is 241 Å². The molecule has 1 aromatic carbocycles. The lowest BCUT2D eigenvalue weighted by Gasteiger charge is -2.36. The largest absolute Gasteiger partial charge is 0.490 e. The molecule has 5 unspecified atom stereocenters. The molecular formula is C27H35N5O6S2. The highest BCUT2D eigenvalue weighted by atomic mass is 32.2. The summed E-state index contributed by atoms with van der Waals surface area (Å²) in [4.78, 5) is 26.7. The summed E-state index contributed by atoms with van der Waals surface area (Å²) in [5.74, 6) is 2.64. The Morgan fingerprint density at radius 3 is 2.90 bits per heavy atom. The van der Waals surface area contributed by atoms with Crippen LogP contribution in [0.5, 0.6) is 5.75 Å². The second-order valence-corrected chi connectivity index (χ2v) is 13.2. The number of nitrogens with one attached hydrogen (secondary N) is 4. The van der Waals surface area contributed by atoms with E-state index in [2.05, 4.69) is 37.7 Å². The first-order chi connectivity index (χ1) is 19.5. The van der Waals surface area contributed by atoms with Gasteiger partial charge in [-0.3, -0.25) is 9.59 Å². The molecule has 4 fully saturated rings. The number of benzene rings is 1. The smallest absolute Gasteiger partial charge is 0.220 e. The van der Waals surface area contributed by atoms with Crippen LogP contribution >= 0.6 is 23.7 Å². The minimum atomic E-state index is -0.545. The van der Waals surface area contributed by atoms with E-state index in [1.165, 1.54) is 0 Å². The van der Waals surface area contributed by atoms with Crippen molar-refractivity contribution in [3.63, 3.8) is 0 Å². The Bertz CT molecular complexity index is 1200. The number of nitrogens with zero attached hydrogens (tertiary/aromatic N) is 1. The van der Waals surface area contributed by atoms with E-state index in [0.29, 0.717) is 38.7 Å². The molecule has 1 amide bonds. The van der Waals surface area contributed by atoms with Gasteiger partial charge in [-0.1, -0.05) is 0 Å². The SMILES string of the molecule is C[C@H](Oc1cc(NC2CNC(C3COC4C(=O)C=C(N5CCOCC5)OC43)S2)cc2c1CSN2)[C@@H]1CNC(=O)C1. The minimum Gasteiger partial charge on any atom is -0.490 e. The number of carbonyl (C=O) groups excluding carboxylic acids is 2. The van der Waals surface area contributed by atoms with Crippen LogP contribution in [-0.2, 0) is 29.6 Å². The molecule has 216 valence electrons. The normalized spacial score (nSPS) is 33.9. The van der Waals surface area contributed by atoms with E-state index in [0.717, 1.165) is 48.1 Å². The van der Waals surface area contributed by atoms with E-state index in [1.54, 1.807) is 18.0 Å². The van der Waals surface area contributed by atoms with Gasteiger partial charge in [0.1, 0.15) is 18.0 Å². The molecule has 0 aliphatic carbocycles. The molecule has 7 rings (SSSR count). The van der Waals surface area contributed by atoms with Crippen LogP contribution in [-0.4, -0.2) is 91.6 Å². The van der Waals surface area contributed by atoms with Crippen LogP contribution in [0.2, 0.25) is 0 Å². The lowest BCUT2D eigenvalue weighted by molar-refractivity contribution is -0.133. The fourth-order valence-electron chi connectivity index (χ4n) is 6.14. The first-order valence-corrected chi connectivity index (χ1v) is 15.9. The Morgan fingerprint density at radius 2 is 2.08 bits per heavy atom.